The van der Waals surface area contributed by atoms with E-state index in [9.17, 15) is 9.59 Å². The van der Waals surface area contributed by atoms with Crippen LogP contribution in [-0.4, -0.2) is 25.1 Å². The maximum absolute atomic E-state index is 12.2. The standard InChI is InChI=1S/C19H23NO4S/c1-13-12-15(20-18(22)19(2,3)4)25-16(13)17(21)24-11-10-23-14-8-6-5-7-9-14/h5-9,12H,10-11H2,1-4H3,(H,20,22). The number of ether oxygens (including phenoxy) is 2. The van der Waals surface area contributed by atoms with Gasteiger partial charge < -0.3 is 14.8 Å². The van der Waals surface area contributed by atoms with Crippen LogP contribution >= 0.6 is 11.3 Å². The second kappa shape index (κ2) is 8.16. The molecule has 0 saturated carbocycles. The molecule has 2 aromatic rings. The summed E-state index contributed by atoms with van der Waals surface area (Å²) in [6, 6.07) is 11.1. The molecule has 6 heteroatoms. The first-order valence-electron chi connectivity index (χ1n) is 8.04. The second-order valence-corrected chi connectivity index (χ2v) is 7.68. The van der Waals surface area contributed by atoms with Gasteiger partial charge in [0.2, 0.25) is 5.91 Å². The number of esters is 1. The second-order valence-electron chi connectivity index (χ2n) is 6.62. The smallest absolute Gasteiger partial charge is 0.348 e. The van der Waals surface area contributed by atoms with Gasteiger partial charge in [-0.2, -0.15) is 0 Å². The molecule has 0 aliphatic rings. The molecule has 1 N–H and O–H groups in total. The number of anilines is 1. The Hall–Kier alpha value is -2.34. The third-order valence-corrected chi connectivity index (χ3v) is 4.48. The number of para-hydroxylation sites is 1. The van der Waals surface area contributed by atoms with Crippen LogP contribution in [0.4, 0.5) is 5.00 Å². The van der Waals surface area contributed by atoms with Gasteiger partial charge in [0.15, 0.2) is 0 Å². The van der Waals surface area contributed by atoms with Gasteiger partial charge in [0.1, 0.15) is 23.8 Å². The van der Waals surface area contributed by atoms with Crippen LogP contribution in [0.3, 0.4) is 0 Å². The molecule has 0 fully saturated rings. The number of carbonyl (C=O) groups is 2. The van der Waals surface area contributed by atoms with Crippen LogP contribution in [0.15, 0.2) is 36.4 Å². The number of carbonyl (C=O) groups excluding carboxylic acids is 2. The molecule has 0 aliphatic carbocycles. The molecule has 0 unspecified atom stereocenters. The largest absolute Gasteiger partial charge is 0.490 e. The van der Waals surface area contributed by atoms with Crippen molar-refractivity contribution in [3.8, 4) is 5.75 Å². The summed E-state index contributed by atoms with van der Waals surface area (Å²) in [6.45, 7) is 7.78. The number of thiophene rings is 1. The van der Waals surface area contributed by atoms with Crippen LogP contribution in [0.2, 0.25) is 0 Å². The molecule has 0 atom stereocenters. The quantitative estimate of drug-likeness (QED) is 0.616. The van der Waals surface area contributed by atoms with Crippen LogP contribution < -0.4 is 10.1 Å². The van der Waals surface area contributed by atoms with Crippen molar-refractivity contribution in [2.45, 2.75) is 27.7 Å². The van der Waals surface area contributed by atoms with Gasteiger partial charge in [-0.15, -0.1) is 11.3 Å². The molecule has 1 heterocycles. The first-order valence-corrected chi connectivity index (χ1v) is 8.86. The Balaban J connectivity index is 1.86. The van der Waals surface area contributed by atoms with Gasteiger partial charge in [0, 0.05) is 5.41 Å². The van der Waals surface area contributed by atoms with E-state index >= 15 is 0 Å². The molecule has 1 aromatic carbocycles. The van der Waals surface area contributed by atoms with Crippen molar-refractivity contribution >= 4 is 28.2 Å². The van der Waals surface area contributed by atoms with Crippen molar-refractivity contribution in [3.05, 3.63) is 46.8 Å². The summed E-state index contributed by atoms with van der Waals surface area (Å²) >= 11 is 1.22. The van der Waals surface area contributed by atoms with Crippen molar-refractivity contribution in [1.82, 2.24) is 0 Å². The van der Waals surface area contributed by atoms with E-state index in [0.717, 1.165) is 11.3 Å². The third-order valence-electron chi connectivity index (χ3n) is 3.35. The number of amides is 1. The first-order chi connectivity index (χ1) is 11.8. The van der Waals surface area contributed by atoms with Crippen molar-refractivity contribution in [1.29, 1.82) is 0 Å². The number of benzene rings is 1. The lowest BCUT2D eigenvalue weighted by atomic mass is 9.96. The van der Waals surface area contributed by atoms with Gasteiger partial charge in [0.25, 0.3) is 0 Å². The SMILES string of the molecule is Cc1cc(NC(=O)C(C)(C)C)sc1C(=O)OCCOc1ccccc1. The summed E-state index contributed by atoms with van der Waals surface area (Å²) in [4.78, 5) is 24.7. The lowest BCUT2D eigenvalue weighted by Crippen LogP contribution is -2.27. The molecular formula is C19H23NO4S. The average Bonchev–Trinajstić information content (AvgIpc) is 2.92. The lowest BCUT2D eigenvalue weighted by molar-refractivity contribution is -0.123. The lowest BCUT2D eigenvalue weighted by Gasteiger charge is -2.16. The van der Waals surface area contributed by atoms with Crippen molar-refractivity contribution in [2.75, 3.05) is 18.5 Å². The van der Waals surface area contributed by atoms with Crippen LogP contribution in [-0.2, 0) is 9.53 Å². The number of hydrogen-bond acceptors (Lipinski definition) is 5. The van der Waals surface area contributed by atoms with Gasteiger partial charge in [-0.1, -0.05) is 39.0 Å². The highest BCUT2D eigenvalue weighted by Gasteiger charge is 2.23. The topological polar surface area (TPSA) is 64.6 Å². The minimum atomic E-state index is -0.493. The van der Waals surface area contributed by atoms with Crippen molar-refractivity contribution in [2.24, 2.45) is 5.41 Å². The Bertz CT molecular complexity index is 732. The summed E-state index contributed by atoms with van der Waals surface area (Å²) in [5.74, 6) is 0.235. The molecule has 0 radical (unpaired) electrons. The van der Waals surface area contributed by atoms with Gasteiger partial charge in [0.05, 0.1) is 5.00 Å². The van der Waals surface area contributed by atoms with Gasteiger partial charge >= 0.3 is 5.97 Å². The molecule has 25 heavy (non-hydrogen) atoms. The van der Waals surface area contributed by atoms with Crippen LogP contribution in [0, 0.1) is 12.3 Å². The fourth-order valence-electron chi connectivity index (χ4n) is 1.92. The van der Waals surface area contributed by atoms with Crippen molar-refractivity contribution < 1.29 is 19.1 Å². The Morgan fingerprint density at radius 1 is 1.12 bits per heavy atom. The summed E-state index contributed by atoms with van der Waals surface area (Å²) < 4.78 is 10.7. The molecule has 0 spiro atoms. The Labute approximate surface area is 152 Å². The minimum Gasteiger partial charge on any atom is -0.490 e. The van der Waals surface area contributed by atoms with E-state index in [1.807, 2.05) is 58.0 Å². The van der Waals surface area contributed by atoms with Crippen LogP contribution in [0.25, 0.3) is 0 Å². The fraction of sp³-hybridized carbons (Fsp3) is 0.368. The van der Waals surface area contributed by atoms with Gasteiger partial charge in [-0.3, -0.25) is 4.79 Å². The van der Waals surface area contributed by atoms with Crippen molar-refractivity contribution in [3.63, 3.8) is 0 Å². The monoisotopic (exact) mass is 361 g/mol. The van der Waals surface area contributed by atoms with Gasteiger partial charge in [-0.05, 0) is 30.7 Å². The summed E-state index contributed by atoms with van der Waals surface area (Å²) in [5.41, 5.74) is 0.288. The Morgan fingerprint density at radius 2 is 1.80 bits per heavy atom. The van der Waals surface area contributed by atoms with Crippen LogP contribution in [0.5, 0.6) is 5.75 Å². The van der Waals surface area contributed by atoms with E-state index < -0.39 is 11.4 Å². The normalized spacial score (nSPS) is 11.0. The Kier molecular flexibility index (Phi) is 6.20. The van der Waals surface area contributed by atoms with E-state index in [1.165, 1.54) is 11.3 Å². The van der Waals surface area contributed by atoms with E-state index in [1.54, 1.807) is 6.07 Å². The predicted octanol–water partition coefficient (Wildman–Crippen LogP) is 4.28. The van der Waals surface area contributed by atoms with E-state index in [2.05, 4.69) is 5.32 Å². The molecule has 2 rings (SSSR count). The zero-order valence-corrected chi connectivity index (χ0v) is 15.7. The van der Waals surface area contributed by atoms with E-state index in [4.69, 9.17) is 9.47 Å². The summed E-state index contributed by atoms with van der Waals surface area (Å²) in [6.07, 6.45) is 0. The van der Waals surface area contributed by atoms with E-state index in [-0.39, 0.29) is 19.1 Å². The molecular weight excluding hydrogens is 338 g/mol. The number of nitrogens with one attached hydrogen (secondary N) is 1. The minimum absolute atomic E-state index is 0.0927. The molecule has 1 aromatic heterocycles. The highest BCUT2D eigenvalue weighted by atomic mass is 32.1. The number of aryl methyl sites for hydroxylation is 1. The first kappa shape index (κ1) is 19.0. The highest BCUT2D eigenvalue weighted by Crippen LogP contribution is 2.29. The molecule has 134 valence electrons. The molecule has 0 saturated heterocycles. The zero-order valence-electron chi connectivity index (χ0n) is 14.9. The maximum atomic E-state index is 12.2. The fourth-order valence-corrected chi connectivity index (χ4v) is 2.88. The third kappa shape index (κ3) is 5.60. The molecule has 1 amide bonds. The number of rotatable bonds is 6. The zero-order chi connectivity index (χ0) is 18.4. The highest BCUT2D eigenvalue weighted by molar-refractivity contribution is 7.18. The number of hydrogen-bond donors (Lipinski definition) is 1. The summed E-state index contributed by atoms with van der Waals surface area (Å²) in [5, 5.41) is 3.48. The maximum Gasteiger partial charge on any atom is 0.348 e. The summed E-state index contributed by atoms with van der Waals surface area (Å²) in [7, 11) is 0. The molecule has 0 bridgehead atoms. The molecule has 5 nitrogen and oxygen atoms in total. The Morgan fingerprint density at radius 3 is 2.44 bits per heavy atom. The van der Waals surface area contributed by atoms with Gasteiger partial charge in [-0.25, -0.2) is 4.79 Å². The van der Waals surface area contributed by atoms with E-state index in [0.29, 0.717) is 9.88 Å². The molecule has 0 aliphatic heterocycles. The average molecular weight is 361 g/mol. The van der Waals surface area contributed by atoms with Crippen LogP contribution in [0.1, 0.15) is 36.0 Å². The predicted molar refractivity (Wildman–Crippen MR) is 99.4 cm³/mol.